The van der Waals surface area contributed by atoms with Crippen LogP contribution in [-0.2, 0) is 4.79 Å². The van der Waals surface area contributed by atoms with E-state index in [-0.39, 0.29) is 23.5 Å². The van der Waals surface area contributed by atoms with Gasteiger partial charge in [-0.1, -0.05) is 12.1 Å². The van der Waals surface area contributed by atoms with Crippen molar-refractivity contribution < 1.29 is 9.59 Å². The van der Waals surface area contributed by atoms with Crippen molar-refractivity contribution in [2.24, 2.45) is 0 Å². The largest absolute Gasteiger partial charge is 0.341 e. The van der Waals surface area contributed by atoms with Gasteiger partial charge in [0.05, 0.1) is 19.7 Å². The monoisotopic (exact) mass is 476 g/mol. The Kier molecular flexibility index (Phi) is 5.60. The number of fused-ring (bicyclic) bond motifs is 1. The van der Waals surface area contributed by atoms with Gasteiger partial charge < -0.3 is 15.2 Å². The van der Waals surface area contributed by atoms with Crippen LogP contribution in [0.2, 0.25) is 0 Å². The van der Waals surface area contributed by atoms with Gasteiger partial charge in [0.25, 0.3) is 5.91 Å². The lowest BCUT2D eigenvalue weighted by molar-refractivity contribution is -0.134. The number of aromatic nitrogens is 2. The molecule has 1 unspecified atom stereocenters. The number of aromatic amines is 1. The first-order chi connectivity index (χ1) is 13.9. The lowest BCUT2D eigenvalue weighted by Gasteiger charge is -2.34. The van der Waals surface area contributed by atoms with Gasteiger partial charge in [-0.3, -0.25) is 14.2 Å². The Balaban J connectivity index is 1.38. The number of halogens is 1. The number of rotatable bonds is 4. The normalized spacial score (nSPS) is 16.1. The molecule has 0 bridgehead atoms. The average molecular weight is 477 g/mol. The SMILES string of the molecule is CC(NC(=O)c1ccc(Br)s1)C(=O)N1CCC(n2c(=O)[nH]c3ccccc32)CC1. The van der Waals surface area contributed by atoms with E-state index in [0.717, 1.165) is 14.8 Å². The van der Waals surface area contributed by atoms with Crippen LogP contribution < -0.4 is 11.0 Å². The number of para-hydroxylation sites is 2. The third-order valence-electron chi connectivity index (χ3n) is 5.28. The van der Waals surface area contributed by atoms with Crippen LogP contribution in [0, 0.1) is 0 Å². The highest BCUT2D eigenvalue weighted by molar-refractivity contribution is 9.11. The van der Waals surface area contributed by atoms with Crippen LogP contribution in [0.25, 0.3) is 11.0 Å². The number of amides is 2. The zero-order valence-corrected chi connectivity index (χ0v) is 18.3. The summed E-state index contributed by atoms with van der Waals surface area (Å²) in [7, 11) is 0. The fourth-order valence-electron chi connectivity index (χ4n) is 3.82. The van der Waals surface area contributed by atoms with Gasteiger partial charge in [-0.05, 0) is 60.0 Å². The number of imidazole rings is 1. The molecule has 0 saturated carbocycles. The number of carbonyl (C=O) groups excluding carboxylic acids is 2. The number of nitrogens with one attached hydrogen (secondary N) is 2. The number of carbonyl (C=O) groups is 2. The number of piperidine rings is 1. The Morgan fingerprint density at radius 2 is 1.93 bits per heavy atom. The van der Waals surface area contributed by atoms with Gasteiger partial charge in [0.1, 0.15) is 6.04 Å². The van der Waals surface area contributed by atoms with Crippen molar-refractivity contribution in [2.75, 3.05) is 13.1 Å². The van der Waals surface area contributed by atoms with Crippen LogP contribution in [0.4, 0.5) is 0 Å². The minimum Gasteiger partial charge on any atom is -0.341 e. The molecule has 3 aromatic rings. The molecule has 1 aromatic carbocycles. The van der Waals surface area contributed by atoms with Gasteiger partial charge in [0.15, 0.2) is 0 Å². The van der Waals surface area contributed by atoms with Crippen LogP contribution in [0.1, 0.15) is 35.5 Å². The minimum atomic E-state index is -0.601. The Bertz CT molecular complexity index is 1110. The molecular weight excluding hydrogens is 456 g/mol. The first kappa shape index (κ1) is 19.9. The number of H-pyrrole nitrogens is 1. The summed E-state index contributed by atoms with van der Waals surface area (Å²) in [5.41, 5.74) is 1.61. The predicted molar refractivity (Wildman–Crippen MR) is 116 cm³/mol. The van der Waals surface area contributed by atoms with Crippen molar-refractivity contribution in [2.45, 2.75) is 31.8 Å². The number of nitrogens with zero attached hydrogens (tertiary/aromatic N) is 2. The molecule has 0 aliphatic carbocycles. The van der Waals surface area contributed by atoms with Crippen molar-refractivity contribution in [1.29, 1.82) is 0 Å². The second kappa shape index (κ2) is 8.16. The van der Waals surface area contributed by atoms with E-state index < -0.39 is 6.04 Å². The third kappa shape index (κ3) is 4.02. The molecular formula is C20H21BrN4O3S. The standard InChI is InChI=1S/C20H21BrN4O3S/c1-12(22-18(26)16-6-7-17(21)29-16)19(27)24-10-8-13(9-11-24)25-15-5-3-2-4-14(15)23-20(25)28/h2-7,12-13H,8-11H2,1H3,(H,22,26)(H,23,28). The van der Waals surface area contributed by atoms with E-state index >= 15 is 0 Å². The van der Waals surface area contributed by atoms with Crippen LogP contribution in [0.5, 0.6) is 0 Å². The second-order valence-corrected chi connectivity index (χ2v) is 9.64. The number of likely N-dealkylation sites (tertiary alicyclic amines) is 1. The lowest BCUT2D eigenvalue weighted by Crippen LogP contribution is -2.49. The van der Waals surface area contributed by atoms with Gasteiger partial charge in [-0.25, -0.2) is 4.79 Å². The van der Waals surface area contributed by atoms with E-state index in [1.807, 2.05) is 30.3 Å². The number of thiophene rings is 1. The molecule has 152 valence electrons. The maximum Gasteiger partial charge on any atom is 0.326 e. The summed E-state index contributed by atoms with van der Waals surface area (Å²) in [6.07, 6.45) is 1.40. The van der Waals surface area contributed by atoms with E-state index in [0.29, 0.717) is 30.8 Å². The highest BCUT2D eigenvalue weighted by atomic mass is 79.9. The first-order valence-corrected chi connectivity index (χ1v) is 11.1. The summed E-state index contributed by atoms with van der Waals surface area (Å²) in [6.45, 7) is 2.82. The Morgan fingerprint density at radius 3 is 2.62 bits per heavy atom. The third-order valence-corrected chi connectivity index (χ3v) is 6.90. The average Bonchev–Trinajstić information content (AvgIpc) is 3.30. The van der Waals surface area contributed by atoms with E-state index in [4.69, 9.17) is 0 Å². The molecule has 1 aliphatic heterocycles. The van der Waals surface area contributed by atoms with Crippen LogP contribution in [0.15, 0.2) is 45.0 Å². The maximum atomic E-state index is 12.8. The molecule has 3 heterocycles. The van der Waals surface area contributed by atoms with E-state index in [1.165, 1.54) is 11.3 Å². The first-order valence-electron chi connectivity index (χ1n) is 9.48. The van der Waals surface area contributed by atoms with Crippen molar-refractivity contribution in [1.82, 2.24) is 19.8 Å². The molecule has 2 N–H and O–H groups in total. The van der Waals surface area contributed by atoms with Gasteiger partial charge in [0.2, 0.25) is 5.91 Å². The Morgan fingerprint density at radius 1 is 1.21 bits per heavy atom. The number of benzene rings is 1. The Hall–Kier alpha value is -2.39. The van der Waals surface area contributed by atoms with Gasteiger partial charge in [-0.15, -0.1) is 11.3 Å². The van der Waals surface area contributed by atoms with Crippen molar-refractivity contribution in [3.8, 4) is 0 Å². The molecule has 1 aliphatic rings. The zero-order valence-electron chi connectivity index (χ0n) is 15.9. The number of hydrogen-bond acceptors (Lipinski definition) is 4. The molecule has 0 spiro atoms. The van der Waals surface area contributed by atoms with Crippen LogP contribution >= 0.6 is 27.3 Å². The molecule has 0 radical (unpaired) electrons. The molecule has 9 heteroatoms. The molecule has 1 fully saturated rings. The van der Waals surface area contributed by atoms with Crippen molar-refractivity contribution >= 4 is 50.1 Å². The summed E-state index contributed by atoms with van der Waals surface area (Å²) < 4.78 is 2.67. The van der Waals surface area contributed by atoms with E-state index in [9.17, 15) is 14.4 Å². The summed E-state index contributed by atoms with van der Waals surface area (Å²) in [4.78, 5) is 42.7. The zero-order chi connectivity index (χ0) is 20.5. The smallest absolute Gasteiger partial charge is 0.326 e. The van der Waals surface area contributed by atoms with E-state index in [2.05, 4.69) is 26.2 Å². The maximum absolute atomic E-state index is 12.8. The molecule has 2 amide bonds. The summed E-state index contributed by atoms with van der Waals surface area (Å²) in [6, 6.07) is 10.6. The van der Waals surface area contributed by atoms with Crippen LogP contribution in [0.3, 0.4) is 0 Å². The molecule has 2 aromatic heterocycles. The summed E-state index contributed by atoms with van der Waals surface area (Å²) in [5.74, 6) is -0.347. The summed E-state index contributed by atoms with van der Waals surface area (Å²) in [5, 5.41) is 2.78. The minimum absolute atomic E-state index is 0.0519. The van der Waals surface area contributed by atoms with Crippen LogP contribution in [-0.4, -0.2) is 45.4 Å². The topological polar surface area (TPSA) is 87.2 Å². The number of hydrogen-bond donors (Lipinski definition) is 2. The van der Waals surface area contributed by atoms with Gasteiger partial charge in [0, 0.05) is 19.1 Å². The fraction of sp³-hybridized carbons (Fsp3) is 0.350. The molecule has 7 nitrogen and oxygen atoms in total. The predicted octanol–water partition coefficient (Wildman–Crippen LogP) is 3.14. The van der Waals surface area contributed by atoms with Gasteiger partial charge in [-0.2, -0.15) is 0 Å². The molecule has 4 rings (SSSR count). The highest BCUT2D eigenvalue weighted by Gasteiger charge is 2.29. The molecule has 1 atom stereocenters. The molecule has 1 saturated heterocycles. The summed E-state index contributed by atoms with van der Waals surface area (Å²) >= 11 is 4.67. The lowest BCUT2D eigenvalue weighted by atomic mass is 10.0. The van der Waals surface area contributed by atoms with Crippen molar-refractivity contribution in [3.63, 3.8) is 0 Å². The molecule has 29 heavy (non-hydrogen) atoms. The highest BCUT2D eigenvalue weighted by Crippen LogP contribution is 2.25. The van der Waals surface area contributed by atoms with E-state index in [1.54, 1.807) is 22.5 Å². The Labute approximate surface area is 179 Å². The quantitative estimate of drug-likeness (QED) is 0.606. The second-order valence-electron chi connectivity index (χ2n) is 7.17. The van der Waals surface area contributed by atoms with Gasteiger partial charge >= 0.3 is 5.69 Å². The van der Waals surface area contributed by atoms with Crippen molar-refractivity contribution in [3.05, 3.63) is 55.5 Å². The fourth-order valence-corrected chi connectivity index (χ4v) is 5.11.